The minimum Gasteiger partial charge on any atom is -0.373 e. The largest absolute Gasteiger partial charge is 0.373 e. The number of ether oxygens (including phenoxy) is 1. The third-order valence-corrected chi connectivity index (χ3v) is 4.66. The highest BCUT2D eigenvalue weighted by molar-refractivity contribution is 5.26. The van der Waals surface area contributed by atoms with E-state index in [1.54, 1.807) is 0 Å². The molecule has 1 aliphatic carbocycles. The zero-order valence-corrected chi connectivity index (χ0v) is 13.2. The van der Waals surface area contributed by atoms with Crippen LogP contribution in [0.5, 0.6) is 0 Å². The molecule has 0 aromatic heterocycles. The van der Waals surface area contributed by atoms with E-state index in [4.69, 9.17) is 4.74 Å². The summed E-state index contributed by atoms with van der Waals surface area (Å²) in [5.74, 6) is 0. The second kappa shape index (κ2) is 7.39. The standard InChI is InChI=1S/C18H28N2O/c1-20-12-9-18(10-13-20)21-14-16-5-3-2-4-15(16)8-11-19-17-6-7-17/h2-5,17-19H,6-14H2,1H3. The quantitative estimate of drug-likeness (QED) is 0.834. The Morgan fingerprint density at radius 3 is 2.52 bits per heavy atom. The predicted molar refractivity (Wildman–Crippen MR) is 86.5 cm³/mol. The summed E-state index contributed by atoms with van der Waals surface area (Å²) in [6, 6.07) is 9.55. The molecule has 1 aromatic rings. The van der Waals surface area contributed by atoms with Gasteiger partial charge in [-0.3, -0.25) is 0 Å². The van der Waals surface area contributed by atoms with Gasteiger partial charge in [-0.2, -0.15) is 0 Å². The van der Waals surface area contributed by atoms with Crippen molar-refractivity contribution >= 4 is 0 Å². The first-order valence-corrected chi connectivity index (χ1v) is 8.41. The molecule has 3 rings (SSSR count). The van der Waals surface area contributed by atoms with E-state index in [1.165, 1.54) is 36.8 Å². The van der Waals surface area contributed by atoms with Crippen molar-refractivity contribution in [3.63, 3.8) is 0 Å². The fourth-order valence-corrected chi connectivity index (χ4v) is 3.00. The summed E-state index contributed by atoms with van der Waals surface area (Å²) < 4.78 is 6.15. The smallest absolute Gasteiger partial charge is 0.0723 e. The number of likely N-dealkylation sites (tertiary alicyclic amines) is 1. The molecule has 1 heterocycles. The first-order valence-electron chi connectivity index (χ1n) is 8.41. The van der Waals surface area contributed by atoms with Gasteiger partial charge in [-0.05, 0) is 56.8 Å². The van der Waals surface area contributed by atoms with Gasteiger partial charge < -0.3 is 15.0 Å². The fraction of sp³-hybridized carbons (Fsp3) is 0.667. The van der Waals surface area contributed by atoms with Crippen molar-refractivity contribution in [2.75, 3.05) is 26.7 Å². The van der Waals surface area contributed by atoms with E-state index in [0.29, 0.717) is 6.10 Å². The molecule has 1 saturated carbocycles. The number of hydrogen-bond acceptors (Lipinski definition) is 3. The van der Waals surface area contributed by atoms with E-state index >= 15 is 0 Å². The summed E-state index contributed by atoms with van der Waals surface area (Å²) in [6.45, 7) is 4.19. The highest BCUT2D eigenvalue weighted by Crippen LogP contribution is 2.19. The van der Waals surface area contributed by atoms with Crippen LogP contribution in [0.2, 0.25) is 0 Å². The molecular formula is C18H28N2O. The maximum absolute atomic E-state index is 6.15. The number of piperidine rings is 1. The van der Waals surface area contributed by atoms with E-state index in [9.17, 15) is 0 Å². The zero-order valence-electron chi connectivity index (χ0n) is 13.2. The minimum absolute atomic E-state index is 0.443. The molecule has 0 spiro atoms. The molecule has 1 N–H and O–H groups in total. The molecule has 1 aliphatic heterocycles. The monoisotopic (exact) mass is 288 g/mol. The van der Waals surface area contributed by atoms with Gasteiger partial charge in [0.15, 0.2) is 0 Å². The number of rotatable bonds is 7. The summed E-state index contributed by atoms with van der Waals surface area (Å²) in [4.78, 5) is 2.39. The number of benzene rings is 1. The SMILES string of the molecule is CN1CCC(OCc2ccccc2CCNC2CC2)CC1. The lowest BCUT2D eigenvalue weighted by molar-refractivity contribution is 0.00187. The van der Waals surface area contributed by atoms with Crippen LogP contribution in [0, 0.1) is 0 Å². The lowest BCUT2D eigenvalue weighted by Gasteiger charge is -2.29. The van der Waals surface area contributed by atoms with Gasteiger partial charge in [-0.15, -0.1) is 0 Å². The van der Waals surface area contributed by atoms with E-state index in [0.717, 1.165) is 38.7 Å². The molecule has 1 aromatic carbocycles. The van der Waals surface area contributed by atoms with Crippen molar-refractivity contribution in [3.8, 4) is 0 Å². The van der Waals surface area contributed by atoms with Crippen molar-refractivity contribution < 1.29 is 4.74 Å². The molecule has 0 bridgehead atoms. The Morgan fingerprint density at radius 1 is 1.10 bits per heavy atom. The lowest BCUT2D eigenvalue weighted by Crippen LogP contribution is -2.34. The minimum atomic E-state index is 0.443. The van der Waals surface area contributed by atoms with Crippen LogP contribution < -0.4 is 5.32 Å². The second-order valence-electron chi connectivity index (χ2n) is 6.56. The number of hydrogen-bond donors (Lipinski definition) is 1. The van der Waals surface area contributed by atoms with Gasteiger partial charge in [0.05, 0.1) is 12.7 Å². The summed E-state index contributed by atoms with van der Waals surface area (Å²) in [5, 5.41) is 3.60. The summed E-state index contributed by atoms with van der Waals surface area (Å²) in [6.07, 6.45) is 6.62. The van der Waals surface area contributed by atoms with Crippen LogP contribution in [0.1, 0.15) is 36.8 Å². The van der Waals surface area contributed by atoms with Crippen LogP contribution in [0.15, 0.2) is 24.3 Å². The highest BCUT2D eigenvalue weighted by Gasteiger charge is 2.20. The maximum Gasteiger partial charge on any atom is 0.0723 e. The second-order valence-corrected chi connectivity index (χ2v) is 6.56. The summed E-state index contributed by atoms with van der Waals surface area (Å²) in [7, 11) is 2.19. The molecule has 2 aliphatic rings. The number of nitrogens with zero attached hydrogens (tertiary/aromatic N) is 1. The Kier molecular flexibility index (Phi) is 5.28. The van der Waals surface area contributed by atoms with Crippen LogP contribution in [-0.4, -0.2) is 43.7 Å². The average molecular weight is 288 g/mol. The number of nitrogens with one attached hydrogen (secondary N) is 1. The zero-order chi connectivity index (χ0) is 14.5. The summed E-state index contributed by atoms with van der Waals surface area (Å²) in [5.41, 5.74) is 2.81. The van der Waals surface area contributed by atoms with Gasteiger partial charge in [-0.1, -0.05) is 24.3 Å². The molecule has 21 heavy (non-hydrogen) atoms. The highest BCUT2D eigenvalue weighted by atomic mass is 16.5. The van der Waals surface area contributed by atoms with Crippen molar-refractivity contribution in [2.24, 2.45) is 0 Å². The third kappa shape index (κ3) is 4.80. The van der Waals surface area contributed by atoms with E-state index in [-0.39, 0.29) is 0 Å². The van der Waals surface area contributed by atoms with Crippen molar-refractivity contribution in [1.82, 2.24) is 10.2 Å². The van der Waals surface area contributed by atoms with Crippen LogP contribution in [0.3, 0.4) is 0 Å². The van der Waals surface area contributed by atoms with Crippen molar-refractivity contribution in [1.29, 1.82) is 0 Å². The Hall–Kier alpha value is -0.900. The Morgan fingerprint density at radius 2 is 1.81 bits per heavy atom. The Balaban J connectivity index is 1.47. The van der Waals surface area contributed by atoms with Crippen LogP contribution in [-0.2, 0) is 17.8 Å². The Bertz CT molecular complexity index is 437. The van der Waals surface area contributed by atoms with Crippen molar-refractivity contribution in [2.45, 2.75) is 50.9 Å². The molecule has 0 radical (unpaired) electrons. The van der Waals surface area contributed by atoms with Gasteiger partial charge in [0.2, 0.25) is 0 Å². The molecule has 3 heteroatoms. The van der Waals surface area contributed by atoms with E-state index in [2.05, 4.69) is 41.5 Å². The van der Waals surface area contributed by atoms with Gasteiger partial charge in [0.25, 0.3) is 0 Å². The third-order valence-electron chi connectivity index (χ3n) is 4.66. The van der Waals surface area contributed by atoms with Gasteiger partial charge in [0, 0.05) is 19.1 Å². The topological polar surface area (TPSA) is 24.5 Å². The molecular weight excluding hydrogens is 260 g/mol. The molecule has 116 valence electrons. The summed E-state index contributed by atoms with van der Waals surface area (Å²) >= 11 is 0. The van der Waals surface area contributed by atoms with E-state index < -0.39 is 0 Å². The normalized spacial score (nSPS) is 20.8. The van der Waals surface area contributed by atoms with Crippen molar-refractivity contribution in [3.05, 3.63) is 35.4 Å². The first-order chi connectivity index (χ1) is 10.3. The molecule has 2 fully saturated rings. The Labute approximate surface area is 128 Å². The average Bonchev–Trinajstić information content (AvgIpc) is 3.32. The molecule has 0 atom stereocenters. The molecule has 0 amide bonds. The van der Waals surface area contributed by atoms with Gasteiger partial charge >= 0.3 is 0 Å². The molecule has 3 nitrogen and oxygen atoms in total. The predicted octanol–water partition coefficient (Wildman–Crippen LogP) is 2.59. The van der Waals surface area contributed by atoms with Crippen LogP contribution in [0.4, 0.5) is 0 Å². The first kappa shape index (κ1) is 15.0. The van der Waals surface area contributed by atoms with Crippen LogP contribution in [0.25, 0.3) is 0 Å². The molecule has 0 unspecified atom stereocenters. The fourth-order valence-electron chi connectivity index (χ4n) is 3.00. The van der Waals surface area contributed by atoms with E-state index in [1.807, 2.05) is 0 Å². The molecule has 1 saturated heterocycles. The lowest BCUT2D eigenvalue weighted by atomic mass is 10.0. The van der Waals surface area contributed by atoms with Gasteiger partial charge in [-0.25, -0.2) is 0 Å². The maximum atomic E-state index is 6.15. The van der Waals surface area contributed by atoms with Gasteiger partial charge in [0.1, 0.15) is 0 Å². The van der Waals surface area contributed by atoms with Crippen LogP contribution >= 0.6 is 0 Å².